The first kappa shape index (κ1) is 15.9. The predicted molar refractivity (Wildman–Crippen MR) is 33.8 cm³/mol. The largest absolute Gasteiger partial charge is 0.412 e. The van der Waals surface area contributed by atoms with Gasteiger partial charge in [-0.25, -0.2) is 0 Å². The Morgan fingerprint density at radius 1 is 1.22 bits per heavy atom. The van der Waals surface area contributed by atoms with E-state index in [1.165, 1.54) is 6.42 Å². The minimum absolute atomic E-state index is 0. The molecular formula is C3H12O5S. The zero-order chi connectivity index (χ0) is 7.21. The van der Waals surface area contributed by atoms with Crippen LogP contribution < -0.4 is 0 Å². The Bertz CT molecular complexity index is 106. The summed E-state index contributed by atoms with van der Waals surface area (Å²) >= 11 is 0. The molecule has 9 heavy (non-hydrogen) atoms. The van der Waals surface area contributed by atoms with Crippen LogP contribution in [0, 0.1) is 0 Å². The van der Waals surface area contributed by atoms with Crippen molar-refractivity contribution in [2.75, 3.05) is 0 Å². The fourth-order valence-electron chi connectivity index (χ4n) is 0. The molecule has 0 aliphatic heterocycles. The van der Waals surface area contributed by atoms with E-state index in [4.69, 9.17) is 17.5 Å². The molecule has 0 bridgehead atoms. The molecule has 0 aromatic rings. The molecule has 0 saturated heterocycles. The Morgan fingerprint density at radius 2 is 1.22 bits per heavy atom. The second kappa shape index (κ2) is 7.83. The van der Waals surface area contributed by atoms with Gasteiger partial charge in [-0.1, -0.05) is 20.3 Å². The summed E-state index contributed by atoms with van der Waals surface area (Å²) in [6.45, 7) is 4.25. The molecule has 0 amide bonds. The third-order valence-corrected chi connectivity index (χ3v) is 0. The lowest BCUT2D eigenvalue weighted by atomic mass is 10.6. The molecule has 0 radical (unpaired) electrons. The molecule has 0 atom stereocenters. The van der Waals surface area contributed by atoms with Gasteiger partial charge in [0.05, 0.1) is 0 Å². The molecular weight excluding hydrogens is 148 g/mol. The summed E-state index contributed by atoms with van der Waals surface area (Å²) in [5.74, 6) is 0. The minimum atomic E-state index is -4.67. The van der Waals surface area contributed by atoms with E-state index < -0.39 is 10.4 Å². The molecule has 0 aliphatic rings. The van der Waals surface area contributed by atoms with Crippen molar-refractivity contribution in [3.63, 3.8) is 0 Å². The fourth-order valence-corrected chi connectivity index (χ4v) is 0. The zero-order valence-corrected chi connectivity index (χ0v) is 6.14. The van der Waals surface area contributed by atoms with Gasteiger partial charge in [0.25, 0.3) is 0 Å². The highest BCUT2D eigenvalue weighted by Gasteiger charge is 1.84. The van der Waals surface area contributed by atoms with Crippen LogP contribution in [0.5, 0.6) is 0 Å². The maximum atomic E-state index is 8.74. The fraction of sp³-hybridized carbons (Fsp3) is 1.00. The molecule has 0 saturated carbocycles. The highest BCUT2D eigenvalue weighted by atomic mass is 32.3. The Kier molecular flexibility index (Phi) is 13.9. The Morgan fingerprint density at radius 3 is 1.22 bits per heavy atom. The Hall–Kier alpha value is -0.170. The highest BCUT2D eigenvalue weighted by molar-refractivity contribution is 7.79. The van der Waals surface area contributed by atoms with E-state index in [-0.39, 0.29) is 5.48 Å². The van der Waals surface area contributed by atoms with Crippen molar-refractivity contribution in [3.8, 4) is 0 Å². The lowest BCUT2D eigenvalue weighted by Gasteiger charge is -1.68. The maximum absolute atomic E-state index is 8.74. The van der Waals surface area contributed by atoms with E-state index in [9.17, 15) is 0 Å². The molecule has 0 fully saturated rings. The molecule has 6 heteroatoms. The van der Waals surface area contributed by atoms with Crippen molar-refractivity contribution in [3.05, 3.63) is 0 Å². The van der Waals surface area contributed by atoms with Crippen LogP contribution in [-0.4, -0.2) is 23.0 Å². The summed E-state index contributed by atoms with van der Waals surface area (Å²) < 4.78 is 31.6. The molecule has 5 nitrogen and oxygen atoms in total. The zero-order valence-electron chi connectivity index (χ0n) is 5.33. The van der Waals surface area contributed by atoms with Crippen molar-refractivity contribution in [1.29, 1.82) is 0 Å². The van der Waals surface area contributed by atoms with Crippen LogP contribution in [0.2, 0.25) is 0 Å². The summed E-state index contributed by atoms with van der Waals surface area (Å²) in [4.78, 5) is 0. The monoisotopic (exact) mass is 160 g/mol. The average molecular weight is 160 g/mol. The van der Waals surface area contributed by atoms with Gasteiger partial charge < -0.3 is 5.48 Å². The first-order valence-corrected chi connectivity index (χ1v) is 3.51. The second-order valence-corrected chi connectivity index (χ2v) is 2.05. The maximum Gasteiger partial charge on any atom is 0.394 e. The molecule has 0 aliphatic carbocycles. The van der Waals surface area contributed by atoms with Crippen molar-refractivity contribution in [2.45, 2.75) is 20.3 Å². The lowest BCUT2D eigenvalue weighted by molar-refractivity contribution is 0.381. The van der Waals surface area contributed by atoms with Gasteiger partial charge in [0.15, 0.2) is 0 Å². The van der Waals surface area contributed by atoms with E-state index in [2.05, 4.69) is 13.8 Å². The summed E-state index contributed by atoms with van der Waals surface area (Å²) in [7, 11) is -4.67. The van der Waals surface area contributed by atoms with Crippen molar-refractivity contribution < 1.29 is 23.0 Å². The molecule has 0 aromatic carbocycles. The molecule has 60 valence electrons. The van der Waals surface area contributed by atoms with E-state index in [1.807, 2.05) is 0 Å². The standard InChI is InChI=1S/C3H8.H2O4S.H2O/c1-3-2;1-5(2,3)4;/h3H2,1-2H3;(H2,1,2,3,4);1H2. The molecule has 0 unspecified atom stereocenters. The molecule has 0 spiro atoms. The van der Waals surface area contributed by atoms with E-state index in [1.54, 1.807) is 0 Å². The Labute approximate surface area is 54.6 Å². The number of hydrogen-bond acceptors (Lipinski definition) is 2. The van der Waals surface area contributed by atoms with Crippen molar-refractivity contribution in [2.24, 2.45) is 0 Å². The number of hydrogen-bond donors (Lipinski definition) is 2. The second-order valence-electron chi connectivity index (χ2n) is 1.15. The van der Waals surface area contributed by atoms with E-state index in [0.29, 0.717) is 0 Å². The Balaban J connectivity index is -0.0000000800. The van der Waals surface area contributed by atoms with E-state index in [0.717, 1.165) is 0 Å². The molecule has 0 rings (SSSR count). The van der Waals surface area contributed by atoms with Crippen LogP contribution in [-0.2, 0) is 10.4 Å². The predicted octanol–water partition coefficient (Wildman–Crippen LogP) is -0.0612. The van der Waals surface area contributed by atoms with Gasteiger partial charge in [0, 0.05) is 0 Å². The third kappa shape index (κ3) is 9210. The average Bonchev–Trinajstić information content (AvgIpc) is 1.27. The van der Waals surface area contributed by atoms with Crippen molar-refractivity contribution in [1.82, 2.24) is 0 Å². The smallest absolute Gasteiger partial charge is 0.394 e. The quantitative estimate of drug-likeness (QED) is 0.484. The summed E-state index contributed by atoms with van der Waals surface area (Å²) in [5, 5.41) is 0. The summed E-state index contributed by atoms with van der Waals surface area (Å²) in [5.41, 5.74) is 0. The van der Waals surface area contributed by atoms with Gasteiger partial charge in [-0.05, 0) is 0 Å². The molecule has 4 N–H and O–H groups in total. The summed E-state index contributed by atoms with van der Waals surface area (Å²) in [6, 6.07) is 0. The van der Waals surface area contributed by atoms with Gasteiger partial charge in [0.2, 0.25) is 0 Å². The normalized spacial score (nSPS) is 8.44. The number of rotatable bonds is 0. The van der Waals surface area contributed by atoms with Crippen LogP contribution in [0.25, 0.3) is 0 Å². The first-order valence-electron chi connectivity index (χ1n) is 2.11. The van der Waals surface area contributed by atoms with Crippen molar-refractivity contribution >= 4 is 10.4 Å². The molecule has 0 heterocycles. The van der Waals surface area contributed by atoms with Gasteiger partial charge in [0.1, 0.15) is 0 Å². The van der Waals surface area contributed by atoms with Crippen LogP contribution >= 0.6 is 0 Å². The topological polar surface area (TPSA) is 106 Å². The SMILES string of the molecule is CCC.O.O=S(=O)(O)O. The van der Waals surface area contributed by atoms with Gasteiger partial charge in [-0.15, -0.1) is 0 Å². The van der Waals surface area contributed by atoms with Crippen LogP contribution in [0.15, 0.2) is 0 Å². The first-order chi connectivity index (χ1) is 3.41. The third-order valence-electron chi connectivity index (χ3n) is 0. The van der Waals surface area contributed by atoms with E-state index >= 15 is 0 Å². The lowest BCUT2D eigenvalue weighted by Crippen LogP contribution is -1.89. The van der Waals surface area contributed by atoms with Crippen LogP contribution in [0.3, 0.4) is 0 Å². The molecule has 0 aromatic heterocycles. The minimum Gasteiger partial charge on any atom is -0.412 e. The van der Waals surface area contributed by atoms with Crippen LogP contribution in [0.4, 0.5) is 0 Å². The van der Waals surface area contributed by atoms with Gasteiger partial charge in [-0.2, -0.15) is 8.42 Å². The summed E-state index contributed by atoms with van der Waals surface area (Å²) in [6.07, 6.45) is 1.25. The highest BCUT2D eigenvalue weighted by Crippen LogP contribution is 1.59. The van der Waals surface area contributed by atoms with Gasteiger partial charge in [-0.3, -0.25) is 9.11 Å². The van der Waals surface area contributed by atoms with Crippen LogP contribution in [0.1, 0.15) is 20.3 Å². The van der Waals surface area contributed by atoms with Gasteiger partial charge >= 0.3 is 10.4 Å².